The number of rotatable bonds is 5. The highest BCUT2D eigenvalue weighted by Gasteiger charge is 2.22. The van der Waals surface area contributed by atoms with Crippen LogP contribution in [0.2, 0.25) is 0 Å². The predicted molar refractivity (Wildman–Crippen MR) is 118 cm³/mol. The van der Waals surface area contributed by atoms with Gasteiger partial charge in [0.1, 0.15) is 5.75 Å². The Morgan fingerprint density at radius 1 is 0.933 bits per heavy atom. The average Bonchev–Trinajstić information content (AvgIpc) is 2.78. The third-order valence-corrected chi connectivity index (χ3v) is 5.37. The van der Waals surface area contributed by atoms with Crippen molar-refractivity contribution in [1.29, 1.82) is 0 Å². The molecule has 0 atom stereocenters. The Kier molecular flexibility index (Phi) is 5.93. The maximum Gasteiger partial charge on any atom is 0.260 e. The number of carbonyl (C=O) groups is 1. The summed E-state index contributed by atoms with van der Waals surface area (Å²) in [6.45, 7) is 7.01. The van der Waals surface area contributed by atoms with Gasteiger partial charge in [0.05, 0.1) is 5.69 Å². The maximum atomic E-state index is 12.4. The number of aromatic nitrogens is 2. The summed E-state index contributed by atoms with van der Waals surface area (Å²) >= 11 is 0. The van der Waals surface area contributed by atoms with Gasteiger partial charge in [-0.1, -0.05) is 42.0 Å². The molecule has 2 heterocycles. The molecule has 0 spiro atoms. The van der Waals surface area contributed by atoms with Crippen LogP contribution in [0.1, 0.15) is 11.1 Å². The lowest BCUT2D eigenvalue weighted by atomic mass is 10.0. The Hall–Kier alpha value is -3.41. The van der Waals surface area contributed by atoms with Crippen LogP contribution in [0.15, 0.2) is 60.7 Å². The summed E-state index contributed by atoms with van der Waals surface area (Å²) < 4.78 is 5.58. The molecule has 1 aliphatic rings. The van der Waals surface area contributed by atoms with Crippen LogP contribution in [0.5, 0.6) is 5.75 Å². The van der Waals surface area contributed by atoms with Gasteiger partial charge >= 0.3 is 0 Å². The molecule has 0 bridgehead atoms. The molecule has 30 heavy (non-hydrogen) atoms. The van der Waals surface area contributed by atoms with Gasteiger partial charge in [-0.3, -0.25) is 4.79 Å². The fourth-order valence-corrected chi connectivity index (χ4v) is 3.68. The first-order valence-electron chi connectivity index (χ1n) is 10.2. The molecular formula is C24H26N4O2. The summed E-state index contributed by atoms with van der Waals surface area (Å²) in [5.41, 5.74) is 4.42. The number of nitrogens with zero attached hydrogens (tertiary/aromatic N) is 4. The SMILES string of the molecule is Cc1ccc(-c2ccc(N3CCN(C(=O)COc4ccccc4)CC3)nn2)c(C)c1. The van der Waals surface area contributed by atoms with Crippen molar-refractivity contribution in [3.8, 4) is 17.0 Å². The number of piperazine rings is 1. The Balaban J connectivity index is 1.32. The molecule has 1 aliphatic heterocycles. The largest absolute Gasteiger partial charge is 0.484 e. The molecule has 6 nitrogen and oxygen atoms in total. The monoisotopic (exact) mass is 402 g/mol. The smallest absolute Gasteiger partial charge is 0.260 e. The molecule has 1 amide bonds. The Morgan fingerprint density at radius 2 is 1.70 bits per heavy atom. The number of aryl methyl sites for hydroxylation is 2. The normalized spacial score (nSPS) is 13.9. The Labute approximate surface area is 177 Å². The maximum absolute atomic E-state index is 12.4. The molecule has 154 valence electrons. The predicted octanol–water partition coefficient (Wildman–Crippen LogP) is 3.49. The third-order valence-electron chi connectivity index (χ3n) is 5.37. The summed E-state index contributed by atoms with van der Waals surface area (Å²) in [5.74, 6) is 1.56. The Bertz CT molecular complexity index is 997. The van der Waals surface area contributed by atoms with E-state index in [1.165, 1.54) is 11.1 Å². The molecule has 0 aliphatic carbocycles. The second-order valence-corrected chi connectivity index (χ2v) is 7.56. The van der Waals surface area contributed by atoms with Gasteiger partial charge in [0, 0.05) is 31.7 Å². The van der Waals surface area contributed by atoms with Crippen LogP contribution in [-0.2, 0) is 4.79 Å². The highest BCUT2D eigenvalue weighted by molar-refractivity contribution is 5.78. The van der Waals surface area contributed by atoms with Crippen molar-refractivity contribution < 1.29 is 9.53 Å². The van der Waals surface area contributed by atoms with Crippen LogP contribution in [-0.4, -0.2) is 53.8 Å². The first-order chi connectivity index (χ1) is 14.6. The van der Waals surface area contributed by atoms with Crippen molar-refractivity contribution in [2.45, 2.75) is 13.8 Å². The molecule has 0 N–H and O–H groups in total. The van der Waals surface area contributed by atoms with Crippen molar-refractivity contribution >= 4 is 11.7 Å². The van der Waals surface area contributed by atoms with Crippen LogP contribution in [0.25, 0.3) is 11.3 Å². The first kappa shape index (κ1) is 19.9. The van der Waals surface area contributed by atoms with E-state index in [0.717, 1.165) is 30.2 Å². The van der Waals surface area contributed by atoms with Crippen LogP contribution in [0, 0.1) is 13.8 Å². The van der Waals surface area contributed by atoms with Gasteiger partial charge < -0.3 is 14.5 Å². The zero-order valence-electron chi connectivity index (χ0n) is 17.4. The van der Waals surface area contributed by atoms with Crippen LogP contribution < -0.4 is 9.64 Å². The van der Waals surface area contributed by atoms with E-state index >= 15 is 0 Å². The van der Waals surface area contributed by atoms with Crippen molar-refractivity contribution in [2.75, 3.05) is 37.7 Å². The number of amides is 1. The molecular weight excluding hydrogens is 376 g/mol. The molecule has 4 rings (SSSR count). The van der Waals surface area contributed by atoms with Crippen LogP contribution >= 0.6 is 0 Å². The molecule has 6 heteroatoms. The minimum atomic E-state index is 0.00906. The fourth-order valence-electron chi connectivity index (χ4n) is 3.68. The van der Waals surface area contributed by atoms with Gasteiger partial charge in [0.25, 0.3) is 5.91 Å². The molecule has 1 fully saturated rings. The van der Waals surface area contributed by atoms with Crippen LogP contribution in [0.4, 0.5) is 5.82 Å². The fraction of sp³-hybridized carbons (Fsp3) is 0.292. The van der Waals surface area contributed by atoms with E-state index in [4.69, 9.17) is 4.74 Å². The van der Waals surface area contributed by atoms with E-state index in [2.05, 4.69) is 47.1 Å². The number of para-hydroxylation sites is 1. The average molecular weight is 402 g/mol. The van der Waals surface area contributed by atoms with Crippen LogP contribution in [0.3, 0.4) is 0 Å². The molecule has 1 saturated heterocycles. The number of hydrogen-bond acceptors (Lipinski definition) is 5. The molecule has 2 aromatic carbocycles. The minimum Gasteiger partial charge on any atom is -0.484 e. The number of ether oxygens (including phenoxy) is 1. The van der Waals surface area contributed by atoms with Gasteiger partial charge in [-0.2, -0.15) is 0 Å². The minimum absolute atomic E-state index is 0.00906. The zero-order chi connectivity index (χ0) is 20.9. The van der Waals surface area contributed by atoms with E-state index in [1.807, 2.05) is 47.4 Å². The van der Waals surface area contributed by atoms with Crippen molar-refractivity contribution in [3.63, 3.8) is 0 Å². The van der Waals surface area contributed by atoms with E-state index in [9.17, 15) is 4.79 Å². The third kappa shape index (κ3) is 4.59. The molecule has 0 radical (unpaired) electrons. The lowest BCUT2D eigenvalue weighted by molar-refractivity contribution is -0.133. The second-order valence-electron chi connectivity index (χ2n) is 7.56. The lowest BCUT2D eigenvalue weighted by Crippen LogP contribution is -2.50. The molecule has 0 saturated carbocycles. The van der Waals surface area contributed by atoms with E-state index in [1.54, 1.807) is 0 Å². The van der Waals surface area contributed by atoms with Gasteiger partial charge in [-0.15, -0.1) is 10.2 Å². The summed E-state index contributed by atoms with van der Waals surface area (Å²) in [4.78, 5) is 16.4. The number of carbonyl (C=O) groups excluding carboxylic acids is 1. The quantitative estimate of drug-likeness (QED) is 0.654. The van der Waals surface area contributed by atoms with Gasteiger partial charge in [0.2, 0.25) is 0 Å². The van der Waals surface area contributed by atoms with Crippen molar-refractivity contribution in [2.24, 2.45) is 0 Å². The van der Waals surface area contributed by atoms with Gasteiger partial charge in [-0.05, 0) is 43.7 Å². The highest BCUT2D eigenvalue weighted by atomic mass is 16.5. The number of hydrogen-bond donors (Lipinski definition) is 0. The number of anilines is 1. The summed E-state index contributed by atoms with van der Waals surface area (Å²) in [6, 6.07) is 19.8. The molecule has 1 aromatic heterocycles. The summed E-state index contributed by atoms with van der Waals surface area (Å²) in [7, 11) is 0. The van der Waals surface area contributed by atoms with Gasteiger partial charge in [-0.25, -0.2) is 0 Å². The molecule has 0 unspecified atom stereocenters. The van der Waals surface area contributed by atoms with E-state index in [-0.39, 0.29) is 12.5 Å². The first-order valence-corrected chi connectivity index (χ1v) is 10.2. The van der Waals surface area contributed by atoms with E-state index in [0.29, 0.717) is 18.8 Å². The summed E-state index contributed by atoms with van der Waals surface area (Å²) in [6.07, 6.45) is 0. The number of benzene rings is 2. The zero-order valence-corrected chi connectivity index (χ0v) is 17.4. The van der Waals surface area contributed by atoms with E-state index < -0.39 is 0 Å². The van der Waals surface area contributed by atoms with Crippen molar-refractivity contribution in [3.05, 3.63) is 71.8 Å². The van der Waals surface area contributed by atoms with Gasteiger partial charge in [0.15, 0.2) is 12.4 Å². The molecule has 3 aromatic rings. The standard InChI is InChI=1S/C24H26N4O2/c1-18-8-9-21(19(2)16-18)22-10-11-23(26-25-22)27-12-14-28(15-13-27)24(29)17-30-20-6-4-3-5-7-20/h3-11,16H,12-15,17H2,1-2H3. The highest BCUT2D eigenvalue weighted by Crippen LogP contribution is 2.23. The second kappa shape index (κ2) is 8.95. The van der Waals surface area contributed by atoms with Crippen molar-refractivity contribution in [1.82, 2.24) is 15.1 Å². The summed E-state index contributed by atoms with van der Waals surface area (Å²) in [5, 5.41) is 8.88. The topological polar surface area (TPSA) is 58.6 Å². The lowest BCUT2D eigenvalue weighted by Gasteiger charge is -2.35. The Morgan fingerprint density at radius 3 is 2.37 bits per heavy atom.